The minimum Gasteiger partial charge on any atom is -0.387 e. The number of rotatable bonds is 14. The summed E-state index contributed by atoms with van der Waals surface area (Å²) >= 11 is 0. The number of phosphoric acid groups is 3. The maximum atomic E-state index is 11.8. The quantitative estimate of drug-likeness (QED) is 0.0362. The minimum atomic E-state index is -5.78. The number of aliphatic hydroxyl groups is 1. The monoisotopic (exact) mass is 634 g/mol. The van der Waals surface area contributed by atoms with Crippen LogP contribution in [0.4, 0.5) is 0 Å². The molecule has 2 aliphatic rings. The highest BCUT2D eigenvalue weighted by molar-refractivity contribution is 7.66. The van der Waals surface area contributed by atoms with Crippen molar-refractivity contribution in [2.75, 3.05) is 13.2 Å². The maximum Gasteiger partial charge on any atom is 0.508 e. The molecule has 1 amide bonds. The minimum absolute atomic E-state index is 0.000925. The van der Waals surface area contributed by atoms with E-state index in [1.165, 1.54) is 11.1 Å². The fourth-order valence-electron chi connectivity index (χ4n) is 2.85. The SMILES string of the molecule is C=C1N=C(N)C(C#CCNC(=O)CCCCON)=CN1C1[CH]C(O)C(OOP(=O)(O)OP(=O)(O)OP(=O)(O)O)O1. The molecule has 0 saturated carbocycles. The third kappa shape index (κ3) is 11.8. The molecule has 23 heteroatoms. The van der Waals surface area contributed by atoms with E-state index in [1.54, 1.807) is 0 Å². The summed E-state index contributed by atoms with van der Waals surface area (Å²) in [6.07, 6.45) is -0.697. The average molecular weight is 634 g/mol. The number of ether oxygens (including phenoxy) is 1. The zero-order valence-corrected chi connectivity index (χ0v) is 23.0. The van der Waals surface area contributed by atoms with Crippen LogP contribution in [0, 0.1) is 18.3 Å². The first-order valence-electron chi connectivity index (χ1n) is 10.8. The first kappa shape index (κ1) is 34.2. The van der Waals surface area contributed by atoms with Crippen molar-refractivity contribution in [2.24, 2.45) is 16.6 Å². The van der Waals surface area contributed by atoms with E-state index in [9.17, 15) is 28.5 Å². The van der Waals surface area contributed by atoms with Gasteiger partial charge in [-0.1, -0.05) is 18.4 Å². The van der Waals surface area contributed by atoms with Crippen molar-refractivity contribution in [3.05, 3.63) is 30.6 Å². The molecule has 1 radical (unpaired) electrons. The Bertz CT molecular complexity index is 1210. The number of hydrogen-bond acceptors (Lipinski definition) is 15. The van der Waals surface area contributed by atoms with Gasteiger partial charge in [-0.3, -0.25) is 4.79 Å². The Morgan fingerprint density at radius 1 is 1.20 bits per heavy atom. The van der Waals surface area contributed by atoms with Crippen LogP contribution in [0.25, 0.3) is 0 Å². The molecule has 0 aliphatic carbocycles. The van der Waals surface area contributed by atoms with Gasteiger partial charge in [0.15, 0.2) is 0 Å². The van der Waals surface area contributed by atoms with Crippen LogP contribution in [-0.4, -0.2) is 73.1 Å². The lowest BCUT2D eigenvalue weighted by Crippen LogP contribution is -2.35. The molecule has 10 N–H and O–H groups in total. The summed E-state index contributed by atoms with van der Waals surface area (Å²) in [5.41, 5.74) is 6.05. The lowest BCUT2D eigenvalue weighted by Gasteiger charge is -2.29. The lowest BCUT2D eigenvalue weighted by atomic mass is 10.2. The summed E-state index contributed by atoms with van der Waals surface area (Å²) in [5.74, 6) is 10.1. The van der Waals surface area contributed by atoms with Crippen molar-refractivity contribution in [1.29, 1.82) is 0 Å². The van der Waals surface area contributed by atoms with Crippen LogP contribution in [0.3, 0.4) is 0 Å². The van der Waals surface area contributed by atoms with Gasteiger partial charge < -0.3 is 50.2 Å². The van der Waals surface area contributed by atoms with Crippen LogP contribution in [0.1, 0.15) is 19.3 Å². The molecule has 0 spiro atoms. The zero-order valence-electron chi connectivity index (χ0n) is 20.3. The van der Waals surface area contributed by atoms with Crippen LogP contribution < -0.4 is 16.9 Å². The molecule has 0 aromatic carbocycles. The smallest absolute Gasteiger partial charge is 0.387 e. The molecule has 0 aromatic rings. The summed E-state index contributed by atoms with van der Waals surface area (Å²) in [6.45, 7) is 4.02. The Morgan fingerprint density at radius 2 is 1.90 bits per heavy atom. The molecule has 20 nitrogen and oxygen atoms in total. The summed E-state index contributed by atoms with van der Waals surface area (Å²) < 4.78 is 50.3. The maximum absolute atomic E-state index is 11.8. The highest BCUT2D eigenvalue weighted by atomic mass is 31.3. The van der Waals surface area contributed by atoms with Crippen molar-refractivity contribution in [3.63, 3.8) is 0 Å². The topological polar surface area (TPSA) is 304 Å². The summed E-state index contributed by atoms with van der Waals surface area (Å²) in [4.78, 5) is 61.6. The number of carbonyl (C=O) groups is 1. The van der Waals surface area contributed by atoms with E-state index in [-0.39, 0.29) is 36.1 Å². The van der Waals surface area contributed by atoms with Crippen molar-refractivity contribution in [1.82, 2.24) is 10.2 Å². The largest absolute Gasteiger partial charge is 0.508 e. The van der Waals surface area contributed by atoms with Gasteiger partial charge in [-0.15, -0.1) is 4.67 Å². The van der Waals surface area contributed by atoms with E-state index in [1.807, 2.05) is 0 Å². The van der Waals surface area contributed by atoms with E-state index in [0.717, 1.165) is 6.42 Å². The van der Waals surface area contributed by atoms with Gasteiger partial charge in [0.25, 0.3) is 0 Å². The van der Waals surface area contributed by atoms with Gasteiger partial charge >= 0.3 is 23.5 Å². The van der Waals surface area contributed by atoms with Gasteiger partial charge in [-0.05, 0) is 12.8 Å². The van der Waals surface area contributed by atoms with Gasteiger partial charge in [0.2, 0.25) is 12.2 Å². The van der Waals surface area contributed by atoms with E-state index < -0.39 is 42.1 Å². The van der Waals surface area contributed by atoms with E-state index >= 15 is 0 Å². The molecule has 5 unspecified atom stereocenters. The van der Waals surface area contributed by atoms with Crippen molar-refractivity contribution in [2.45, 2.75) is 37.9 Å². The number of unbranched alkanes of at least 4 members (excludes halogenated alkanes) is 1. The average Bonchev–Trinajstić information content (AvgIpc) is 3.17. The first-order valence-corrected chi connectivity index (χ1v) is 15.3. The summed E-state index contributed by atoms with van der Waals surface area (Å²) in [7, 11) is -17.0. The number of nitrogens with one attached hydrogen (secondary N) is 1. The molecule has 2 aliphatic heterocycles. The molecule has 5 atom stereocenters. The number of amides is 1. The van der Waals surface area contributed by atoms with Crippen molar-refractivity contribution in [3.8, 4) is 11.8 Å². The van der Waals surface area contributed by atoms with Gasteiger partial charge in [-0.25, -0.2) is 24.6 Å². The van der Waals surface area contributed by atoms with Crippen molar-refractivity contribution >= 4 is 35.2 Å². The van der Waals surface area contributed by atoms with E-state index in [2.05, 4.69) is 51.7 Å². The molecule has 0 bridgehead atoms. The number of nitrogens with zero attached hydrogens (tertiary/aromatic N) is 2. The zero-order chi connectivity index (χ0) is 30.1. The fourth-order valence-corrected chi connectivity index (χ4v) is 5.65. The number of hydrogen-bond donors (Lipinski definition) is 8. The van der Waals surface area contributed by atoms with Gasteiger partial charge in [0.1, 0.15) is 24.0 Å². The van der Waals surface area contributed by atoms with E-state index in [0.29, 0.717) is 19.4 Å². The van der Waals surface area contributed by atoms with Crippen molar-refractivity contribution < 1.29 is 70.9 Å². The van der Waals surface area contributed by atoms with Crippen LogP contribution in [-0.2, 0) is 46.2 Å². The van der Waals surface area contributed by atoms with Crippen LogP contribution in [0.2, 0.25) is 0 Å². The molecule has 1 fully saturated rings. The number of aliphatic hydroxyl groups excluding tert-OH is 1. The predicted octanol–water partition coefficient (Wildman–Crippen LogP) is -1.28. The predicted molar refractivity (Wildman–Crippen MR) is 130 cm³/mol. The van der Waals surface area contributed by atoms with Gasteiger partial charge in [0, 0.05) is 19.0 Å². The third-order valence-electron chi connectivity index (χ3n) is 4.44. The Kier molecular flexibility index (Phi) is 12.6. The van der Waals surface area contributed by atoms with E-state index in [4.69, 9.17) is 31.0 Å². The van der Waals surface area contributed by atoms with Crippen LogP contribution in [0.15, 0.2) is 29.2 Å². The Morgan fingerprint density at radius 3 is 2.55 bits per heavy atom. The molecule has 2 heterocycles. The molecular formula is C17H27N5O15P3. The third-order valence-corrected chi connectivity index (χ3v) is 8.04. The van der Waals surface area contributed by atoms with Gasteiger partial charge in [0.05, 0.1) is 18.7 Å². The molecule has 225 valence electrons. The van der Waals surface area contributed by atoms with Gasteiger partial charge in [-0.2, -0.15) is 13.5 Å². The molecule has 1 saturated heterocycles. The Hall–Kier alpha value is -2.01. The van der Waals surface area contributed by atoms with Crippen LogP contribution in [0.5, 0.6) is 0 Å². The summed E-state index contributed by atoms with van der Waals surface area (Å²) in [5, 5.41) is 12.7. The van der Waals surface area contributed by atoms with Crippen LogP contribution >= 0.6 is 23.5 Å². The fraction of sp³-hybridized carbons (Fsp3) is 0.471. The number of amidine groups is 1. The number of carbonyl (C=O) groups excluding carboxylic acids is 1. The highest BCUT2D eigenvalue weighted by Crippen LogP contribution is 2.66. The second-order valence-corrected chi connectivity index (χ2v) is 11.9. The first-order chi connectivity index (χ1) is 18.5. The number of nitrogens with two attached hydrogens (primary N) is 2. The molecule has 40 heavy (non-hydrogen) atoms. The molecule has 2 rings (SSSR count). The second-order valence-electron chi connectivity index (χ2n) is 7.61. The summed E-state index contributed by atoms with van der Waals surface area (Å²) in [6, 6.07) is 0. The second kappa shape index (κ2) is 14.8. The lowest BCUT2D eigenvalue weighted by molar-refractivity contribution is -0.339. The highest BCUT2D eigenvalue weighted by Gasteiger charge is 2.45. The molecule has 0 aromatic heterocycles. The Balaban J connectivity index is 1.95. The normalized spacial score (nSPS) is 24.3. The number of aliphatic imine (C=N–C) groups is 1. The standard InChI is InChI=1S/C17H27N5O15P3/c1-11-21-16(18)12(5-4-7-20-14(24)6-2-3-8-32-19)10-22(11)15-9-13(23)17(33-15)34-35-39(28,29)37-40(30,31)36-38(25,26)27/h9-10,13,15,17,23H,1-3,6-8,19H2,(H2,18,21)(H,20,24)(H,28,29)(H,30,31)(H2,25,26,27). The Labute approximate surface area is 226 Å². The molecular weight excluding hydrogens is 607 g/mol.